The number of aliphatic hydroxyl groups is 1. The molecule has 0 bridgehead atoms. The third-order valence-corrected chi connectivity index (χ3v) is 3.17. The molecule has 2 aromatic carbocycles. The first kappa shape index (κ1) is 11.1. The molecule has 1 aromatic heterocycles. The molecule has 1 heterocycles. The summed E-state index contributed by atoms with van der Waals surface area (Å²) >= 11 is 0. The molecule has 0 radical (unpaired) electrons. The number of hydrogen-bond donors (Lipinski definition) is 1. The van der Waals surface area contributed by atoms with E-state index in [9.17, 15) is 5.11 Å². The Morgan fingerprint density at radius 3 is 2.39 bits per heavy atom. The fourth-order valence-corrected chi connectivity index (χ4v) is 2.39. The first-order valence-electron chi connectivity index (χ1n) is 6.16. The normalized spacial score (nSPS) is 10.9. The quantitative estimate of drug-likeness (QED) is 0.743. The summed E-state index contributed by atoms with van der Waals surface area (Å²) in [5.41, 5.74) is 3.47. The highest BCUT2D eigenvalue weighted by molar-refractivity contribution is 5.83. The van der Waals surface area contributed by atoms with Crippen molar-refractivity contribution >= 4 is 10.9 Å². The fourth-order valence-electron chi connectivity index (χ4n) is 2.39. The van der Waals surface area contributed by atoms with Crippen molar-refractivity contribution in [2.45, 2.75) is 6.42 Å². The number of benzene rings is 2. The first-order chi connectivity index (χ1) is 8.90. The monoisotopic (exact) mass is 237 g/mol. The lowest BCUT2D eigenvalue weighted by Crippen LogP contribution is -2.01. The van der Waals surface area contributed by atoms with Crippen molar-refractivity contribution in [1.82, 2.24) is 4.57 Å². The van der Waals surface area contributed by atoms with Gasteiger partial charge >= 0.3 is 0 Å². The van der Waals surface area contributed by atoms with Gasteiger partial charge in [-0.3, -0.25) is 0 Å². The number of nitrogens with zero attached hydrogens (tertiary/aromatic N) is 1. The molecule has 0 fully saturated rings. The molecule has 0 aliphatic heterocycles. The Hall–Kier alpha value is -2.06. The van der Waals surface area contributed by atoms with Crippen LogP contribution in [0.4, 0.5) is 0 Å². The zero-order valence-electron chi connectivity index (χ0n) is 10.1. The third kappa shape index (κ3) is 1.81. The van der Waals surface area contributed by atoms with Gasteiger partial charge in [0.15, 0.2) is 0 Å². The number of para-hydroxylation sites is 2. The highest BCUT2D eigenvalue weighted by Gasteiger charge is 2.09. The summed E-state index contributed by atoms with van der Waals surface area (Å²) in [6.45, 7) is 0.170. The average molecular weight is 237 g/mol. The maximum atomic E-state index is 9.20. The van der Waals surface area contributed by atoms with E-state index in [0.29, 0.717) is 6.42 Å². The summed E-state index contributed by atoms with van der Waals surface area (Å²) in [7, 11) is 0. The predicted molar refractivity (Wildman–Crippen MR) is 74.1 cm³/mol. The van der Waals surface area contributed by atoms with Gasteiger partial charge in [0.2, 0.25) is 0 Å². The van der Waals surface area contributed by atoms with Crippen LogP contribution in [0.1, 0.15) is 5.69 Å². The van der Waals surface area contributed by atoms with Crippen LogP contribution in [-0.4, -0.2) is 16.3 Å². The number of fused-ring (bicyclic) bond motifs is 1. The van der Waals surface area contributed by atoms with Crippen molar-refractivity contribution in [3.63, 3.8) is 0 Å². The highest BCUT2D eigenvalue weighted by Crippen LogP contribution is 2.24. The van der Waals surface area contributed by atoms with Gasteiger partial charge in [0.25, 0.3) is 0 Å². The van der Waals surface area contributed by atoms with E-state index in [0.717, 1.165) is 11.4 Å². The van der Waals surface area contributed by atoms with E-state index in [2.05, 4.69) is 34.9 Å². The minimum absolute atomic E-state index is 0.170. The van der Waals surface area contributed by atoms with Crippen molar-refractivity contribution in [2.75, 3.05) is 6.61 Å². The number of rotatable bonds is 3. The summed E-state index contributed by atoms with van der Waals surface area (Å²) in [5.74, 6) is 0. The first-order valence-corrected chi connectivity index (χ1v) is 6.16. The molecule has 0 aliphatic carbocycles. The van der Waals surface area contributed by atoms with Crippen LogP contribution >= 0.6 is 0 Å². The van der Waals surface area contributed by atoms with Crippen LogP contribution in [0.3, 0.4) is 0 Å². The van der Waals surface area contributed by atoms with Gasteiger partial charge in [-0.25, -0.2) is 0 Å². The van der Waals surface area contributed by atoms with Crippen molar-refractivity contribution in [1.29, 1.82) is 0 Å². The Bertz CT molecular complexity index is 655. The molecule has 0 amide bonds. The molecule has 0 atom stereocenters. The molecule has 90 valence electrons. The fraction of sp³-hybridized carbons (Fsp3) is 0.125. The van der Waals surface area contributed by atoms with Gasteiger partial charge in [-0.2, -0.15) is 0 Å². The van der Waals surface area contributed by atoms with Gasteiger partial charge < -0.3 is 9.67 Å². The standard InChI is InChI=1S/C16H15NO/c18-11-10-15-12-13-6-4-5-9-16(13)17(15)14-7-2-1-3-8-14/h1-9,12,18H,10-11H2. The van der Waals surface area contributed by atoms with Gasteiger partial charge in [-0.1, -0.05) is 36.4 Å². The number of aliphatic hydroxyl groups excluding tert-OH is 1. The number of hydrogen-bond acceptors (Lipinski definition) is 1. The molecule has 0 saturated heterocycles. The topological polar surface area (TPSA) is 25.2 Å². The predicted octanol–water partition coefficient (Wildman–Crippen LogP) is 3.17. The van der Waals surface area contributed by atoms with Crippen LogP contribution < -0.4 is 0 Å². The van der Waals surface area contributed by atoms with E-state index in [1.807, 2.05) is 30.3 Å². The zero-order valence-corrected chi connectivity index (χ0v) is 10.1. The van der Waals surface area contributed by atoms with E-state index in [1.54, 1.807) is 0 Å². The maximum absolute atomic E-state index is 9.20. The molecular formula is C16H15NO. The Morgan fingerprint density at radius 2 is 1.61 bits per heavy atom. The van der Waals surface area contributed by atoms with Crippen molar-refractivity contribution in [3.05, 3.63) is 66.4 Å². The van der Waals surface area contributed by atoms with Crippen LogP contribution in [0.5, 0.6) is 0 Å². The second-order valence-electron chi connectivity index (χ2n) is 4.34. The van der Waals surface area contributed by atoms with Gasteiger partial charge in [0.1, 0.15) is 0 Å². The largest absolute Gasteiger partial charge is 0.396 e. The lowest BCUT2D eigenvalue weighted by Gasteiger charge is -2.09. The lowest BCUT2D eigenvalue weighted by molar-refractivity contribution is 0.297. The summed E-state index contributed by atoms with van der Waals surface area (Å²) in [4.78, 5) is 0. The van der Waals surface area contributed by atoms with Gasteiger partial charge in [0.05, 0.1) is 5.52 Å². The van der Waals surface area contributed by atoms with Crippen LogP contribution in [0.15, 0.2) is 60.7 Å². The van der Waals surface area contributed by atoms with Crippen LogP contribution in [0, 0.1) is 0 Å². The molecule has 0 saturated carbocycles. The Balaban J connectivity index is 2.28. The van der Waals surface area contributed by atoms with Crippen LogP contribution in [0.2, 0.25) is 0 Å². The third-order valence-electron chi connectivity index (χ3n) is 3.17. The zero-order chi connectivity index (χ0) is 12.4. The van der Waals surface area contributed by atoms with E-state index in [4.69, 9.17) is 0 Å². The highest BCUT2D eigenvalue weighted by atomic mass is 16.3. The second-order valence-corrected chi connectivity index (χ2v) is 4.34. The van der Waals surface area contributed by atoms with Crippen LogP contribution in [-0.2, 0) is 6.42 Å². The lowest BCUT2D eigenvalue weighted by atomic mass is 10.2. The Labute approximate surface area is 106 Å². The van der Waals surface area contributed by atoms with Gasteiger partial charge in [-0.05, 0) is 24.3 Å². The molecule has 3 rings (SSSR count). The molecule has 18 heavy (non-hydrogen) atoms. The summed E-state index contributed by atoms with van der Waals surface area (Å²) in [5, 5.41) is 10.4. The Morgan fingerprint density at radius 1 is 0.889 bits per heavy atom. The summed E-state index contributed by atoms with van der Waals surface area (Å²) in [6.07, 6.45) is 0.670. The molecule has 0 spiro atoms. The maximum Gasteiger partial charge on any atom is 0.0531 e. The van der Waals surface area contributed by atoms with Gasteiger partial charge in [-0.15, -0.1) is 0 Å². The van der Waals surface area contributed by atoms with E-state index < -0.39 is 0 Å². The molecule has 2 heteroatoms. The second kappa shape index (κ2) is 4.67. The van der Waals surface area contributed by atoms with Crippen molar-refractivity contribution in [2.24, 2.45) is 0 Å². The van der Waals surface area contributed by atoms with Crippen molar-refractivity contribution < 1.29 is 5.11 Å². The Kier molecular flexibility index (Phi) is 2.87. The minimum atomic E-state index is 0.170. The average Bonchev–Trinajstić information content (AvgIpc) is 2.78. The molecule has 1 N–H and O–H groups in total. The SMILES string of the molecule is OCCc1cc2ccccc2n1-c1ccccc1. The number of aromatic nitrogens is 1. The smallest absolute Gasteiger partial charge is 0.0531 e. The van der Waals surface area contributed by atoms with Crippen LogP contribution in [0.25, 0.3) is 16.6 Å². The molecule has 3 aromatic rings. The molecular weight excluding hydrogens is 222 g/mol. The molecule has 2 nitrogen and oxygen atoms in total. The summed E-state index contributed by atoms with van der Waals surface area (Å²) in [6, 6.07) is 20.7. The van der Waals surface area contributed by atoms with E-state index in [-0.39, 0.29) is 6.61 Å². The van der Waals surface area contributed by atoms with Gasteiger partial charge in [0, 0.05) is 29.8 Å². The minimum Gasteiger partial charge on any atom is -0.396 e. The van der Waals surface area contributed by atoms with Crippen molar-refractivity contribution in [3.8, 4) is 5.69 Å². The molecule has 0 aliphatic rings. The van der Waals surface area contributed by atoms with E-state index in [1.165, 1.54) is 10.9 Å². The summed E-state index contributed by atoms with van der Waals surface area (Å²) < 4.78 is 2.21. The molecule has 0 unspecified atom stereocenters. The van der Waals surface area contributed by atoms with E-state index >= 15 is 0 Å².